The van der Waals surface area contributed by atoms with E-state index in [-0.39, 0.29) is 55.9 Å². The molecule has 2 saturated heterocycles. The maximum Gasteiger partial charge on any atom is 0.410 e. The van der Waals surface area contributed by atoms with Gasteiger partial charge in [-0.25, -0.2) is 14.0 Å². The van der Waals surface area contributed by atoms with Gasteiger partial charge >= 0.3 is 12.1 Å². The monoisotopic (exact) mass is 706 g/mol. The molecule has 11 nitrogen and oxygen atoms in total. The summed E-state index contributed by atoms with van der Waals surface area (Å²) in [6.45, 7) is 10.0. The molecule has 1 saturated carbocycles. The van der Waals surface area contributed by atoms with Gasteiger partial charge in [0.2, 0.25) is 5.91 Å². The van der Waals surface area contributed by atoms with E-state index in [1.165, 1.54) is 25.3 Å². The number of amides is 4. The number of fused-ring (bicyclic) bond motifs is 1. The van der Waals surface area contributed by atoms with Crippen LogP contribution < -0.4 is 14.4 Å². The van der Waals surface area contributed by atoms with E-state index in [1.807, 2.05) is 34.6 Å². The molecule has 2 aromatic carbocycles. The van der Waals surface area contributed by atoms with Crippen LogP contribution in [0.25, 0.3) is 10.9 Å². The van der Waals surface area contributed by atoms with Crippen molar-refractivity contribution in [2.75, 3.05) is 38.8 Å². The number of pyridine rings is 1. The number of aromatic nitrogens is 1. The lowest BCUT2D eigenvalue weighted by atomic mass is 9.58. The average molecular weight is 707 g/mol. The third-order valence-electron chi connectivity index (χ3n) is 10.3. The summed E-state index contributed by atoms with van der Waals surface area (Å²) in [5.74, 6) is 0.115. The van der Waals surface area contributed by atoms with Crippen molar-refractivity contribution in [3.63, 3.8) is 0 Å². The van der Waals surface area contributed by atoms with Gasteiger partial charge in [-0.05, 0) is 64.3 Å². The number of methoxy groups -OCH3 is 2. The number of nitrogens with zero attached hydrogens (tertiary/aromatic N) is 4. The summed E-state index contributed by atoms with van der Waals surface area (Å²) < 4.78 is 33.3. The molecule has 3 heterocycles. The van der Waals surface area contributed by atoms with Crippen molar-refractivity contribution in [1.82, 2.24) is 14.8 Å². The van der Waals surface area contributed by atoms with Crippen LogP contribution in [0.2, 0.25) is 0 Å². The van der Waals surface area contributed by atoms with Crippen LogP contribution in [0, 0.1) is 11.2 Å². The highest BCUT2D eigenvalue weighted by molar-refractivity contribution is 6.06. The third-order valence-corrected chi connectivity index (χ3v) is 10.3. The number of ether oxygens (including phenoxy) is 3. The van der Waals surface area contributed by atoms with Crippen LogP contribution in [0.5, 0.6) is 11.5 Å². The van der Waals surface area contributed by atoms with E-state index in [1.54, 1.807) is 41.3 Å². The molecule has 3 fully saturated rings. The van der Waals surface area contributed by atoms with Crippen LogP contribution in [-0.4, -0.2) is 77.4 Å². The summed E-state index contributed by atoms with van der Waals surface area (Å²) in [7, 11) is 3.04. The zero-order valence-corrected chi connectivity index (χ0v) is 30.9. The Morgan fingerprint density at radius 3 is 2.37 bits per heavy atom. The van der Waals surface area contributed by atoms with Gasteiger partial charge in [0.05, 0.1) is 38.2 Å². The lowest BCUT2D eigenvalue weighted by Gasteiger charge is -2.55. The van der Waals surface area contributed by atoms with E-state index in [4.69, 9.17) is 14.2 Å². The Kier molecular flexibility index (Phi) is 11.1. The first-order valence-corrected chi connectivity index (χ1v) is 17.9. The first-order chi connectivity index (χ1) is 24.3. The first kappa shape index (κ1) is 37.8. The molecule has 1 aromatic heterocycles. The SMILES string of the molecule is CC.COc1ccc(CN2C(=O)CCN(c3cnc4ccc(C5(O)CCN(C(=O)OC(C)(C)C)CC56CCCCC6)c(F)c4c3)C2=O)c(OC)c1. The molecule has 1 spiro atoms. The average Bonchev–Trinajstić information content (AvgIpc) is 3.12. The van der Waals surface area contributed by atoms with Crippen LogP contribution in [0.4, 0.5) is 19.7 Å². The van der Waals surface area contributed by atoms with Gasteiger partial charge in [0.1, 0.15) is 28.5 Å². The molecule has 3 aromatic rings. The van der Waals surface area contributed by atoms with Gasteiger partial charge in [-0.1, -0.05) is 39.2 Å². The minimum atomic E-state index is -1.54. The van der Waals surface area contributed by atoms with Gasteiger partial charge in [0, 0.05) is 54.0 Å². The standard InChI is InChI=1S/C37H45FN4O7.C2H6/c1-35(2,3)49-34(45)40-18-16-37(46,36(23-40)14-7-6-8-15-36)28-11-12-29-27(32(28)38)19-25(21-39-29)41-17-13-31(43)42(33(41)44)22-24-9-10-26(47-4)20-30(24)48-5;1-2/h9-12,19-21,46H,6-8,13-18,22-23H2,1-5H3;1-2H3. The number of benzene rings is 2. The highest BCUT2D eigenvalue weighted by Gasteiger charge is 2.56. The van der Waals surface area contributed by atoms with E-state index in [0.717, 1.165) is 24.2 Å². The number of aliphatic hydroxyl groups is 1. The number of piperidine rings is 1. The van der Waals surface area contributed by atoms with E-state index in [9.17, 15) is 19.5 Å². The van der Waals surface area contributed by atoms with E-state index in [2.05, 4.69) is 4.98 Å². The topological polar surface area (TPSA) is 122 Å². The normalized spacial score (nSPS) is 20.6. The van der Waals surface area contributed by atoms with Gasteiger partial charge in [-0.3, -0.25) is 19.6 Å². The molecule has 4 amide bonds. The molecule has 2 aliphatic heterocycles. The number of hydrogen-bond donors (Lipinski definition) is 1. The highest BCUT2D eigenvalue weighted by atomic mass is 19.1. The molecule has 6 rings (SSSR count). The second kappa shape index (κ2) is 15.0. The lowest BCUT2D eigenvalue weighted by molar-refractivity contribution is -0.156. The van der Waals surface area contributed by atoms with Crippen molar-refractivity contribution in [3.8, 4) is 11.5 Å². The number of urea groups is 1. The quantitative estimate of drug-likeness (QED) is 0.279. The fraction of sp³-hybridized carbons (Fsp3) is 0.538. The molecular weight excluding hydrogens is 655 g/mol. The van der Waals surface area contributed by atoms with Crippen LogP contribution in [-0.2, 0) is 21.7 Å². The van der Waals surface area contributed by atoms with E-state index >= 15 is 4.39 Å². The molecule has 1 unspecified atom stereocenters. The number of carbonyl (C=O) groups excluding carboxylic acids is 3. The van der Waals surface area contributed by atoms with E-state index in [0.29, 0.717) is 41.1 Å². The largest absolute Gasteiger partial charge is 0.497 e. The molecule has 0 radical (unpaired) electrons. The Morgan fingerprint density at radius 2 is 1.71 bits per heavy atom. The summed E-state index contributed by atoms with van der Waals surface area (Å²) in [6.07, 6.45) is 5.30. The van der Waals surface area contributed by atoms with Crippen LogP contribution in [0.3, 0.4) is 0 Å². The van der Waals surface area contributed by atoms with Crippen molar-refractivity contribution in [3.05, 3.63) is 59.5 Å². The Labute approximate surface area is 299 Å². The van der Waals surface area contributed by atoms with Gasteiger partial charge in [-0.15, -0.1) is 0 Å². The predicted octanol–water partition coefficient (Wildman–Crippen LogP) is 7.56. The molecule has 1 aliphatic carbocycles. The predicted molar refractivity (Wildman–Crippen MR) is 192 cm³/mol. The van der Waals surface area contributed by atoms with Crippen molar-refractivity contribution in [1.29, 1.82) is 0 Å². The Bertz CT molecular complexity index is 1770. The number of carbonyl (C=O) groups is 3. The van der Waals surface area contributed by atoms with E-state index < -0.39 is 34.6 Å². The maximum absolute atomic E-state index is 16.8. The molecule has 0 bridgehead atoms. The number of likely N-dealkylation sites (tertiary alicyclic amines) is 1. The smallest absolute Gasteiger partial charge is 0.410 e. The van der Waals surface area contributed by atoms with Gasteiger partial charge in [0.25, 0.3) is 0 Å². The minimum Gasteiger partial charge on any atom is -0.497 e. The molecule has 276 valence electrons. The van der Waals surface area contributed by atoms with Crippen LogP contribution in [0.15, 0.2) is 42.6 Å². The fourth-order valence-corrected chi connectivity index (χ4v) is 7.70. The third kappa shape index (κ3) is 7.33. The Balaban J connectivity index is 0.00000248. The maximum atomic E-state index is 16.8. The second-order valence-electron chi connectivity index (χ2n) is 14.4. The summed E-state index contributed by atoms with van der Waals surface area (Å²) in [5.41, 5.74) is -1.46. The van der Waals surface area contributed by atoms with Gasteiger partial charge in [-0.2, -0.15) is 0 Å². The molecule has 1 atom stereocenters. The fourth-order valence-electron chi connectivity index (χ4n) is 7.70. The second-order valence-corrected chi connectivity index (χ2v) is 14.4. The number of anilines is 1. The molecule has 51 heavy (non-hydrogen) atoms. The summed E-state index contributed by atoms with van der Waals surface area (Å²) >= 11 is 0. The molecule has 3 aliphatic rings. The first-order valence-electron chi connectivity index (χ1n) is 17.9. The van der Waals surface area contributed by atoms with Crippen molar-refractivity contribution in [2.24, 2.45) is 5.41 Å². The number of rotatable bonds is 6. The number of halogens is 1. The van der Waals surface area contributed by atoms with Crippen LogP contribution in [0.1, 0.15) is 90.7 Å². The van der Waals surface area contributed by atoms with Crippen molar-refractivity contribution in [2.45, 2.75) is 97.3 Å². The highest BCUT2D eigenvalue weighted by Crippen LogP contribution is 2.55. The number of hydrogen-bond acceptors (Lipinski definition) is 8. The zero-order chi connectivity index (χ0) is 37.1. The summed E-state index contributed by atoms with van der Waals surface area (Å²) in [5, 5.41) is 12.7. The molecular formula is C39H51FN4O7. The lowest BCUT2D eigenvalue weighted by Crippen LogP contribution is -2.60. The van der Waals surface area contributed by atoms with Gasteiger partial charge in [0.15, 0.2) is 0 Å². The summed E-state index contributed by atoms with van der Waals surface area (Å²) in [4.78, 5) is 48.6. The van der Waals surface area contributed by atoms with Crippen LogP contribution >= 0.6 is 0 Å². The van der Waals surface area contributed by atoms with Crippen molar-refractivity contribution < 1.29 is 38.1 Å². The molecule has 1 N–H and O–H groups in total. The minimum absolute atomic E-state index is 0.0176. The molecule has 12 heteroatoms. The van der Waals surface area contributed by atoms with Gasteiger partial charge < -0.3 is 24.2 Å². The summed E-state index contributed by atoms with van der Waals surface area (Å²) in [6, 6.07) is 9.47. The number of imide groups is 1. The Hall–Kier alpha value is -4.45. The van der Waals surface area contributed by atoms with Crippen molar-refractivity contribution >= 4 is 34.6 Å². The Morgan fingerprint density at radius 1 is 0.980 bits per heavy atom. The zero-order valence-electron chi connectivity index (χ0n) is 30.9.